The molecule has 0 bridgehead atoms. The molecule has 0 spiro atoms. The van der Waals surface area contributed by atoms with Crippen LogP contribution in [0.15, 0.2) is 72.0 Å². The van der Waals surface area contributed by atoms with E-state index in [1.165, 1.54) is 3.97 Å². The van der Waals surface area contributed by atoms with Crippen molar-refractivity contribution in [3.63, 3.8) is 0 Å². The number of anilines is 1. The molecule has 3 heterocycles. The number of nitrogens with zero attached hydrogens (tertiary/aromatic N) is 3. The van der Waals surface area contributed by atoms with Crippen molar-refractivity contribution in [1.82, 2.24) is 13.9 Å². The van der Waals surface area contributed by atoms with Crippen LogP contribution >= 0.6 is 0 Å². The van der Waals surface area contributed by atoms with Crippen LogP contribution in [-0.2, 0) is 10.0 Å². The van der Waals surface area contributed by atoms with Crippen LogP contribution in [0, 0.1) is 6.92 Å². The number of pyridine rings is 2. The number of benzene rings is 1. The van der Waals surface area contributed by atoms with Gasteiger partial charge in [-0.2, -0.15) is 0 Å². The third-order valence-corrected chi connectivity index (χ3v) is 7.63. The molecule has 3 aromatic heterocycles. The first kappa shape index (κ1) is 20.7. The lowest BCUT2D eigenvalue weighted by atomic mass is 10.1. The highest BCUT2D eigenvalue weighted by Crippen LogP contribution is 2.36. The van der Waals surface area contributed by atoms with Crippen LogP contribution in [-0.4, -0.2) is 39.6 Å². The highest BCUT2D eigenvalue weighted by atomic mass is 32.2. The summed E-state index contributed by atoms with van der Waals surface area (Å²) in [5, 5.41) is 14.2. The average Bonchev–Trinajstić information content (AvgIpc) is 3.41. The molecular formula is C24H24N4O3S. The fourth-order valence-corrected chi connectivity index (χ4v) is 5.55. The number of aromatic nitrogens is 3. The van der Waals surface area contributed by atoms with E-state index in [1.54, 1.807) is 48.9 Å². The zero-order valence-corrected chi connectivity index (χ0v) is 18.5. The highest BCUT2D eigenvalue weighted by Gasteiger charge is 2.26. The lowest BCUT2D eigenvalue weighted by Gasteiger charge is -2.18. The van der Waals surface area contributed by atoms with Crippen LogP contribution in [0.1, 0.15) is 24.8 Å². The second-order valence-corrected chi connectivity index (χ2v) is 10.1. The maximum Gasteiger partial charge on any atom is 0.269 e. The molecule has 1 fully saturated rings. The fourth-order valence-electron chi connectivity index (χ4n) is 4.25. The highest BCUT2D eigenvalue weighted by molar-refractivity contribution is 7.90. The second-order valence-electron chi connectivity index (χ2n) is 8.24. The zero-order valence-electron chi connectivity index (χ0n) is 17.6. The summed E-state index contributed by atoms with van der Waals surface area (Å²) in [6.07, 6.45) is 6.84. The van der Waals surface area contributed by atoms with Crippen LogP contribution in [0.25, 0.3) is 22.3 Å². The quantitative estimate of drug-likeness (QED) is 0.480. The Morgan fingerprint density at radius 2 is 1.88 bits per heavy atom. The SMILES string of the molecule is Cc1ccc(S(=O)(=O)n2ccc3c(N[C@@H]4CC[C@H](O)C4)c(-c4ccccn4)cnc32)cc1. The van der Waals surface area contributed by atoms with Gasteiger partial charge in [0.15, 0.2) is 5.65 Å². The van der Waals surface area contributed by atoms with E-state index in [4.69, 9.17) is 0 Å². The van der Waals surface area contributed by atoms with E-state index in [1.807, 2.05) is 25.1 Å². The smallest absolute Gasteiger partial charge is 0.269 e. The van der Waals surface area contributed by atoms with Gasteiger partial charge in [0.2, 0.25) is 0 Å². The Bertz CT molecular complexity index is 1370. The average molecular weight is 449 g/mol. The van der Waals surface area contributed by atoms with Gasteiger partial charge >= 0.3 is 0 Å². The number of hydrogen-bond acceptors (Lipinski definition) is 6. The maximum absolute atomic E-state index is 13.3. The summed E-state index contributed by atoms with van der Waals surface area (Å²) in [7, 11) is -3.80. The minimum Gasteiger partial charge on any atom is -0.393 e. The fraction of sp³-hybridized carbons (Fsp3) is 0.250. The van der Waals surface area contributed by atoms with Gasteiger partial charge in [-0.25, -0.2) is 17.4 Å². The molecule has 2 atom stereocenters. The van der Waals surface area contributed by atoms with Crippen molar-refractivity contribution in [2.75, 3.05) is 5.32 Å². The van der Waals surface area contributed by atoms with Gasteiger partial charge in [-0.05, 0) is 56.5 Å². The van der Waals surface area contributed by atoms with Gasteiger partial charge in [0.05, 0.1) is 22.4 Å². The topological polar surface area (TPSA) is 97.1 Å². The van der Waals surface area contributed by atoms with Gasteiger partial charge in [-0.15, -0.1) is 0 Å². The number of nitrogens with one attached hydrogen (secondary N) is 1. The molecule has 0 radical (unpaired) electrons. The van der Waals surface area contributed by atoms with E-state index in [9.17, 15) is 13.5 Å². The van der Waals surface area contributed by atoms with E-state index in [0.717, 1.165) is 35.3 Å². The van der Waals surface area contributed by atoms with Crippen LogP contribution in [0.5, 0.6) is 0 Å². The molecule has 1 saturated carbocycles. The van der Waals surface area contributed by atoms with E-state index < -0.39 is 10.0 Å². The molecule has 1 aliphatic carbocycles. The third kappa shape index (κ3) is 3.65. The molecular weight excluding hydrogens is 424 g/mol. The van der Waals surface area contributed by atoms with Crippen molar-refractivity contribution in [3.8, 4) is 11.3 Å². The molecule has 0 amide bonds. The largest absolute Gasteiger partial charge is 0.393 e. The van der Waals surface area contributed by atoms with Gasteiger partial charge in [0, 0.05) is 35.6 Å². The number of rotatable bonds is 5. The van der Waals surface area contributed by atoms with Crippen LogP contribution in [0.4, 0.5) is 5.69 Å². The summed E-state index contributed by atoms with van der Waals surface area (Å²) in [5.74, 6) is 0. The van der Waals surface area contributed by atoms with Crippen LogP contribution in [0.2, 0.25) is 0 Å². The molecule has 8 heteroatoms. The Morgan fingerprint density at radius 3 is 2.56 bits per heavy atom. The molecule has 0 unspecified atom stereocenters. The lowest BCUT2D eigenvalue weighted by Crippen LogP contribution is -2.18. The van der Waals surface area contributed by atoms with Gasteiger partial charge in [0.1, 0.15) is 0 Å². The molecule has 2 N–H and O–H groups in total. The van der Waals surface area contributed by atoms with E-state index >= 15 is 0 Å². The maximum atomic E-state index is 13.3. The first-order valence-corrected chi connectivity index (χ1v) is 12.1. The Labute approximate surface area is 186 Å². The van der Waals surface area contributed by atoms with Crippen molar-refractivity contribution in [3.05, 3.63) is 72.7 Å². The predicted molar refractivity (Wildman–Crippen MR) is 124 cm³/mol. The van der Waals surface area contributed by atoms with Gasteiger partial charge in [0.25, 0.3) is 10.0 Å². The minimum atomic E-state index is -3.80. The lowest BCUT2D eigenvalue weighted by molar-refractivity contribution is 0.182. The summed E-state index contributed by atoms with van der Waals surface area (Å²) in [5.41, 5.74) is 3.67. The van der Waals surface area contributed by atoms with Gasteiger partial charge < -0.3 is 10.4 Å². The summed E-state index contributed by atoms with van der Waals surface area (Å²) in [6, 6.07) is 14.3. The van der Waals surface area contributed by atoms with Gasteiger partial charge in [-0.1, -0.05) is 23.8 Å². The van der Waals surface area contributed by atoms with Crippen molar-refractivity contribution in [1.29, 1.82) is 0 Å². The van der Waals surface area contributed by atoms with Crippen LogP contribution < -0.4 is 5.32 Å². The number of fused-ring (bicyclic) bond motifs is 1. The summed E-state index contributed by atoms with van der Waals surface area (Å²) < 4.78 is 27.9. The van der Waals surface area contributed by atoms with E-state index in [2.05, 4.69) is 15.3 Å². The molecule has 5 rings (SSSR count). The molecule has 164 valence electrons. The Hall–Kier alpha value is -3.23. The minimum absolute atomic E-state index is 0.0927. The van der Waals surface area contributed by atoms with Crippen molar-refractivity contribution < 1.29 is 13.5 Å². The molecule has 1 aromatic carbocycles. The molecule has 0 aliphatic heterocycles. The Balaban J connectivity index is 1.66. The first-order chi connectivity index (χ1) is 15.4. The summed E-state index contributed by atoms with van der Waals surface area (Å²) in [4.78, 5) is 9.21. The monoisotopic (exact) mass is 448 g/mol. The standard InChI is InChI=1S/C24H24N4O3S/c1-16-5-9-19(10-6-16)32(30,31)28-13-11-20-23(27-17-7-8-18(29)14-17)21(15-26-24(20)28)22-4-2-3-12-25-22/h2-6,9-13,15,17-18,29H,7-8,14H2,1H3,(H,26,27)/t17-,18+/m1/s1. The van der Waals surface area contributed by atoms with Crippen molar-refractivity contribution in [2.24, 2.45) is 0 Å². The van der Waals surface area contributed by atoms with Crippen molar-refractivity contribution in [2.45, 2.75) is 43.2 Å². The number of hydrogen-bond donors (Lipinski definition) is 2. The number of aryl methyl sites for hydroxylation is 1. The number of aliphatic hydroxyl groups excluding tert-OH is 1. The second kappa shape index (κ2) is 8.03. The van der Waals surface area contributed by atoms with Crippen molar-refractivity contribution >= 4 is 26.7 Å². The molecule has 0 saturated heterocycles. The first-order valence-electron chi connectivity index (χ1n) is 10.6. The summed E-state index contributed by atoms with van der Waals surface area (Å²) >= 11 is 0. The normalized spacial score (nSPS) is 18.8. The van der Waals surface area contributed by atoms with E-state index in [0.29, 0.717) is 17.5 Å². The number of aliphatic hydroxyl groups is 1. The summed E-state index contributed by atoms with van der Waals surface area (Å²) in [6.45, 7) is 1.92. The molecule has 7 nitrogen and oxygen atoms in total. The molecule has 1 aliphatic rings. The van der Waals surface area contributed by atoms with Crippen LogP contribution in [0.3, 0.4) is 0 Å². The Kier molecular flexibility index (Phi) is 5.19. The van der Waals surface area contributed by atoms with Gasteiger partial charge in [-0.3, -0.25) is 4.98 Å². The van der Waals surface area contributed by atoms with E-state index in [-0.39, 0.29) is 17.0 Å². The molecule has 4 aromatic rings. The predicted octanol–water partition coefficient (Wildman–Crippen LogP) is 3.97. The Morgan fingerprint density at radius 1 is 1.06 bits per heavy atom. The zero-order chi connectivity index (χ0) is 22.3. The molecule has 32 heavy (non-hydrogen) atoms. The third-order valence-electron chi connectivity index (χ3n) is 5.95.